The van der Waals surface area contributed by atoms with Crippen molar-refractivity contribution < 1.29 is 29.3 Å². The number of halogens is 1. The number of carbonyl (C=O) groups excluding carboxylic acids is 1. The van der Waals surface area contributed by atoms with Crippen molar-refractivity contribution in [3.05, 3.63) is 80.2 Å². The van der Waals surface area contributed by atoms with E-state index in [0.29, 0.717) is 38.8 Å². The summed E-state index contributed by atoms with van der Waals surface area (Å²) in [5.74, 6) is -0.662. The van der Waals surface area contributed by atoms with E-state index in [1.54, 1.807) is 50.2 Å². The number of methoxy groups -OCH3 is 2. The zero-order valence-corrected chi connectivity index (χ0v) is 21.5. The van der Waals surface area contributed by atoms with E-state index in [1.807, 2.05) is 0 Å². The lowest BCUT2D eigenvalue weighted by molar-refractivity contribution is -0.137. The molecule has 0 aliphatic heterocycles. The molecular formula is C26H28ClN3O7. The molecule has 1 atom stereocenters. The van der Waals surface area contributed by atoms with Crippen LogP contribution in [0.15, 0.2) is 47.4 Å². The second kappa shape index (κ2) is 11.7. The van der Waals surface area contributed by atoms with E-state index in [-0.39, 0.29) is 12.2 Å². The van der Waals surface area contributed by atoms with Gasteiger partial charge in [-0.15, -0.1) is 0 Å². The molecule has 0 saturated heterocycles. The van der Waals surface area contributed by atoms with E-state index in [1.165, 1.54) is 25.0 Å². The zero-order chi connectivity index (χ0) is 27.3. The van der Waals surface area contributed by atoms with E-state index in [9.17, 15) is 24.6 Å². The first-order valence-corrected chi connectivity index (χ1v) is 11.6. The molecule has 0 unspecified atom stereocenters. The number of carbonyl (C=O) groups is 2. The largest absolute Gasteiger partial charge is 0.505 e. The maximum Gasteiger partial charge on any atom is 0.319 e. The Morgan fingerprint density at radius 3 is 2.30 bits per heavy atom. The lowest BCUT2D eigenvalue weighted by Gasteiger charge is -2.21. The Bertz CT molecular complexity index is 1360. The third kappa shape index (κ3) is 6.34. The van der Waals surface area contributed by atoms with Crippen molar-refractivity contribution in [2.24, 2.45) is 0 Å². The van der Waals surface area contributed by atoms with Crippen LogP contribution >= 0.6 is 11.6 Å². The molecule has 10 nitrogen and oxygen atoms in total. The van der Waals surface area contributed by atoms with E-state index < -0.39 is 35.8 Å². The van der Waals surface area contributed by atoms with Crippen LogP contribution in [0.4, 0.5) is 10.5 Å². The Kier molecular flexibility index (Phi) is 8.67. The van der Waals surface area contributed by atoms with Gasteiger partial charge in [0.2, 0.25) is 0 Å². The maximum atomic E-state index is 13.1. The number of aromatic nitrogens is 1. The van der Waals surface area contributed by atoms with Crippen LogP contribution in [-0.4, -0.2) is 41.0 Å². The van der Waals surface area contributed by atoms with Crippen LogP contribution in [0.3, 0.4) is 0 Å². The van der Waals surface area contributed by atoms with Crippen LogP contribution in [0.25, 0.3) is 0 Å². The van der Waals surface area contributed by atoms with Gasteiger partial charge in [-0.05, 0) is 43.2 Å². The molecule has 1 aromatic heterocycles. The Morgan fingerprint density at radius 1 is 1.11 bits per heavy atom. The minimum atomic E-state index is -1.16. The number of hydrogen-bond acceptors (Lipinski definition) is 6. The molecular weight excluding hydrogens is 502 g/mol. The number of urea groups is 1. The number of nitrogens with one attached hydrogen (secondary N) is 2. The summed E-state index contributed by atoms with van der Waals surface area (Å²) in [6.45, 7) is 3.47. The third-order valence-electron chi connectivity index (χ3n) is 5.83. The summed E-state index contributed by atoms with van der Waals surface area (Å²) in [5.41, 5.74) is 1.13. The highest BCUT2D eigenvalue weighted by molar-refractivity contribution is 6.31. The Hall–Kier alpha value is -4.18. The highest BCUT2D eigenvalue weighted by Gasteiger charge is 2.23. The van der Waals surface area contributed by atoms with Gasteiger partial charge in [-0.2, -0.15) is 0 Å². The predicted molar refractivity (Wildman–Crippen MR) is 139 cm³/mol. The number of aromatic hydroxyl groups is 1. The van der Waals surface area contributed by atoms with E-state index in [4.69, 9.17) is 21.1 Å². The number of hydrogen-bond donors (Lipinski definition) is 4. The summed E-state index contributed by atoms with van der Waals surface area (Å²) < 4.78 is 12.0. The Labute approximate surface area is 218 Å². The monoisotopic (exact) mass is 529 g/mol. The van der Waals surface area contributed by atoms with E-state index in [0.717, 1.165) is 0 Å². The number of aryl methyl sites for hydroxylation is 1. The molecule has 1 heterocycles. The van der Waals surface area contributed by atoms with E-state index >= 15 is 0 Å². The van der Waals surface area contributed by atoms with Crippen molar-refractivity contribution in [2.45, 2.75) is 32.9 Å². The third-order valence-corrected chi connectivity index (χ3v) is 6.20. The smallest absolute Gasteiger partial charge is 0.319 e. The summed E-state index contributed by atoms with van der Waals surface area (Å²) in [4.78, 5) is 37.6. The number of carboxylic acids is 1. The number of anilines is 1. The fraction of sp³-hybridized carbons (Fsp3) is 0.269. The van der Waals surface area contributed by atoms with Gasteiger partial charge in [-0.3, -0.25) is 9.59 Å². The summed E-state index contributed by atoms with van der Waals surface area (Å²) >= 11 is 6.22. The van der Waals surface area contributed by atoms with Crippen molar-refractivity contribution in [2.75, 3.05) is 19.5 Å². The number of carboxylic acid groups (broad SMARTS) is 1. The van der Waals surface area contributed by atoms with Crippen LogP contribution in [0.1, 0.15) is 34.7 Å². The lowest BCUT2D eigenvalue weighted by Crippen LogP contribution is -2.36. The highest BCUT2D eigenvalue weighted by atomic mass is 35.5. The van der Waals surface area contributed by atoms with Crippen molar-refractivity contribution >= 4 is 29.3 Å². The topological polar surface area (TPSA) is 139 Å². The van der Waals surface area contributed by atoms with Crippen molar-refractivity contribution in [3.8, 4) is 17.2 Å². The minimum absolute atomic E-state index is 0.112. The first-order valence-electron chi connectivity index (χ1n) is 11.2. The Balaban J connectivity index is 1.92. The standard InChI is InChI=1S/C26H28ClN3O7/c1-14-12-30(13-16-7-5-6-8-18(16)27)25(34)23(24(14)33)29-26(35)28-19(11-22(31)32)17-9-20(36-3)15(2)21(10-17)37-4/h5-10,12,19,33H,11,13H2,1-4H3,(H,31,32)(H2,28,29,35)/t19-/m0/s1. The first kappa shape index (κ1) is 27.4. The van der Waals surface area contributed by atoms with Gasteiger partial charge >= 0.3 is 12.0 Å². The molecule has 0 radical (unpaired) electrons. The molecule has 37 heavy (non-hydrogen) atoms. The van der Waals surface area contributed by atoms with Gasteiger partial charge in [0.05, 0.1) is 33.2 Å². The second-order valence-electron chi connectivity index (χ2n) is 8.36. The highest BCUT2D eigenvalue weighted by Crippen LogP contribution is 2.33. The number of amides is 2. The van der Waals surface area contributed by atoms with Crippen LogP contribution in [0, 0.1) is 13.8 Å². The van der Waals surface area contributed by atoms with Gasteiger partial charge in [0.15, 0.2) is 5.69 Å². The number of ether oxygens (including phenoxy) is 2. The van der Waals surface area contributed by atoms with Crippen LogP contribution < -0.4 is 25.7 Å². The SMILES string of the molecule is COc1cc([C@H](CC(=O)O)NC(=O)Nc2c(O)c(C)cn(Cc3ccccc3Cl)c2=O)cc(OC)c1C. The lowest BCUT2D eigenvalue weighted by atomic mass is 10.0. The number of rotatable bonds is 9. The molecule has 3 rings (SSSR count). The quantitative estimate of drug-likeness (QED) is 0.325. The van der Waals surface area contributed by atoms with Gasteiger partial charge < -0.3 is 34.9 Å². The Morgan fingerprint density at radius 2 is 1.73 bits per heavy atom. The molecule has 0 fully saturated rings. The number of benzene rings is 2. The molecule has 196 valence electrons. The van der Waals surface area contributed by atoms with Crippen LogP contribution in [-0.2, 0) is 11.3 Å². The fourth-order valence-corrected chi connectivity index (χ4v) is 4.07. The van der Waals surface area contributed by atoms with Gasteiger partial charge in [-0.25, -0.2) is 4.79 Å². The molecule has 0 aliphatic carbocycles. The zero-order valence-electron chi connectivity index (χ0n) is 20.8. The molecule has 3 aromatic rings. The summed E-state index contributed by atoms with van der Waals surface area (Å²) in [6, 6.07) is 8.32. The van der Waals surface area contributed by atoms with E-state index in [2.05, 4.69) is 10.6 Å². The number of aliphatic carboxylic acids is 1. The average molecular weight is 530 g/mol. The number of nitrogens with zero attached hydrogens (tertiary/aromatic N) is 1. The molecule has 2 amide bonds. The van der Waals surface area contributed by atoms with Crippen LogP contribution in [0.5, 0.6) is 17.2 Å². The summed E-state index contributed by atoms with van der Waals surface area (Å²) in [6.07, 6.45) is 1.00. The van der Waals surface area contributed by atoms with Crippen LogP contribution in [0.2, 0.25) is 5.02 Å². The molecule has 0 bridgehead atoms. The maximum absolute atomic E-state index is 13.1. The summed E-state index contributed by atoms with van der Waals surface area (Å²) in [7, 11) is 2.93. The molecule has 2 aromatic carbocycles. The van der Waals surface area contributed by atoms with Gasteiger partial charge in [0.25, 0.3) is 5.56 Å². The minimum Gasteiger partial charge on any atom is -0.505 e. The number of pyridine rings is 1. The average Bonchev–Trinajstić information content (AvgIpc) is 2.86. The first-order chi connectivity index (χ1) is 17.5. The molecule has 4 N–H and O–H groups in total. The molecule has 0 saturated carbocycles. The molecule has 11 heteroatoms. The predicted octanol–water partition coefficient (Wildman–Crippen LogP) is 4.23. The summed E-state index contributed by atoms with van der Waals surface area (Å²) in [5, 5.41) is 25.4. The molecule has 0 aliphatic rings. The van der Waals surface area contributed by atoms with Gasteiger partial charge in [0, 0.05) is 22.3 Å². The van der Waals surface area contributed by atoms with Gasteiger partial charge in [-0.1, -0.05) is 29.8 Å². The van der Waals surface area contributed by atoms with Gasteiger partial charge in [0.1, 0.15) is 17.2 Å². The second-order valence-corrected chi connectivity index (χ2v) is 8.77. The van der Waals surface area contributed by atoms with Crippen molar-refractivity contribution in [1.82, 2.24) is 9.88 Å². The fourth-order valence-electron chi connectivity index (χ4n) is 3.88. The van der Waals surface area contributed by atoms with Crippen molar-refractivity contribution in [3.63, 3.8) is 0 Å². The normalized spacial score (nSPS) is 11.5. The van der Waals surface area contributed by atoms with Crippen molar-refractivity contribution in [1.29, 1.82) is 0 Å². The molecule has 0 spiro atoms.